The normalized spacial score (nSPS) is 17.3. The van der Waals surface area contributed by atoms with Crippen molar-refractivity contribution < 1.29 is 5.11 Å². The van der Waals surface area contributed by atoms with E-state index in [2.05, 4.69) is 45.7 Å². The summed E-state index contributed by atoms with van der Waals surface area (Å²) in [5.41, 5.74) is 3.50. The summed E-state index contributed by atoms with van der Waals surface area (Å²) in [5.74, 6) is 0.932. The number of rotatable bonds is 4. The summed E-state index contributed by atoms with van der Waals surface area (Å²) < 4.78 is 0. The van der Waals surface area contributed by atoms with E-state index in [-0.39, 0.29) is 0 Å². The van der Waals surface area contributed by atoms with Crippen molar-refractivity contribution in [2.75, 3.05) is 37.6 Å². The van der Waals surface area contributed by atoms with Crippen LogP contribution in [0.15, 0.2) is 36.8 Å². The van der Waals surface area contributed by atoms with Gasteiger partial charge < -0.3 is 10.0 Å². The van der Waals surface area contributed by atoms with Crippen molar-refractivity contribution in [3.63, 3.8) is 0 Å². The lowest BCUT2D eigenvalue weighted by atomic mass is 10.0. The lowest BCUT2D eigenvalue weighted by Crippen LogP contribution is -2.47. The number of hydrogen-bond donors (Lipinski definition) is 1. The van der Waals surface area contributed by atoms with Gasteiger partial charge >= 0.3 is 0 Å². The highest BCUT2D eigenvalue weighted by Gasteiger charge is 2.20. The summed E-state index contributed by atoms with van der Waals surface area (Å²) in [5, 5.41) is 10.5. The number of aliphatic hydroxyl groups excluding tert-OH is 1. The molecular formula is C18H24N4O. The molecule has 2 aromatic rings. The molecule has 0 amide bonds. The second-order valence-electron chi connectivity index (χ2n) is 6.21. The summed E-state index contributed by atoms with van der Waals surface area (Å²) in [4.78, 5) is 13.0. The van der Waals surface area contributed by atoms with E-state index in [0.29, 0.717) is 6.54 Å². The highest BCUT2D eigenvalue weighted by molar-refractivity contribution is 5.35. The van der Waals surface area contributed by atoms with Gasteiger partial charge in [0, 0.05) is 45.1 Å². The van der Waals surface area contributed by atoms with Crippen LogP contribution in [0.1, 0.15) is 22.8 Å². The minimum Gasteiger partial charge on any atom is -0.387 e. The van der Waals surface area contributed by atoms with Crippen LogP contribution < -0.4 is 4.90 Å². The van der Waals surface area contributed by atoms with E-state index in [1.54, 1.807) is 18.6 Å². The first-order valence-electron chi connectivity index (χ1n) is 8.12. The number of aromatic nitrogens is 2. The Balaban J connectivity index is 1.55. The summed E-state index contributed by atoms with van der Waals surface area (Å²) in [6.45, 7) is 8.55. The Bertz CT molecular complexity index is 639. The van der Waals surface area contributed by atoms with Crippen LogP contribution in [0.5, 0.6) is 0 Å². The maximum absolute atomic E-state index is 10.5. The van der Waals surface area contributed by atoms with Gasteiger partial charge in [-0.1, -0.05) is 18.2 Å². The Labute approximate surface area is 137 Å². The van der Waals surface area contributed by atoms with E-state index in [4.69, 9.17) is 0 Å². The zero-order valence-electron chi connectivity index (χ0n) is 13.8. The van der Waals surface area contributed by atoms with E-state index in [1.807, 2.05) is 6.07 Å². The number of anilines is 1. The Morgan fingerprint density at radius 1 is 1.09 bits per heavy atom. The van der Waals surface area contributed by atoms with Crippen molar-refractivity contribution in [1.29, 1.82) is 0 Å². The van der Waals surface area contributed by atoms with E-state index in [0.717, 1.165) is 37.6 Å². The number of benzene rings is 1. The maximum Gasteiger partial charge on any atom is 0.147 e. The molecule has 122 valence electrons. The van der Waals surface area contributed by atoms with Crippen LogP contribution in [0, 0.1) is 13.8 Å². The number of hydrogen-bond acceptors (Lipinski definition) is 5. The summed E-state index contributed by atoms with van der Waals surface area (Å²) in [6, 6.07) is 6.21. The molecule has 5 nitrogen and oxygen atoms in total. The van der Waals surface area contributed by atoms with Crippen LogP contribution >= 0.6 is 0 Å². The molecule has 1 N–H and O–H groups in total. The Kier molecular flexibility index (Phi) is 4.88. The number of nitrogens with zero attached hydrogens (tertiary/aromatic N) is 4. The number of piperazine rings is 1. The van der Waals surface area contributed by atoms with E-state index >= 15 is 0 Å². The SMILES string of the molecule is Cc1ccc([C@H](O)CN2CCN(c3cnccn3)CC2)cc1C. The standard InChI is InChI=1S/C18H24N4O/c1-14-3-4-16(11-15(14)2)17(23)13-21-7-9-22(10-8-21)18-12-19-5-6-20-18/h3-6,11-12,17,23H,7-10,13H2,1-2H3/t17-/m1/s1. The summed E-state index contributed by atoms with van der Waals surface area (Å²) in [6.07, 6.45) is 4.79. The van der Waals surface area contributed by atoms with Crippen molar-refractivity contribution in [3.8, 4) is 0 Å². The van der Waals surface area contributed by atoms with Crippen LogP contribution in [-0.4, -0.2) is 52.7 Å². The molecule has 5 heteroatoms. The first kappa shape index (κ1) is 15.9. The van der Waals surface area contributed by atoms with Crippen LogP contribution in [0.25, 0.3) is 0 Å². The fourth-order valence-electron chi connectivity index (χ4n) is 2.94. The number of β-amino-alcohol motifs (C(OH)–C–C–N with tert-alkyl or cyclic N) is 1. The highest BCUT2D eigenvalue weighted by Crippen LogP contribution is 2.19. The van der Waals surface area contributed by atoms with E-state index in [1.165, 1.54) is 11.1 Å². The predicted octanol–water partition coefficient (Wildman–Crippen LogP) is 1.95. The van der Waals surface area contributed by atoms with Crippen LogP contribution in [-0.2, 0) is 0 Å². The predicted molar refractivity (Wildman–Crippen MR) is 91.6 cm³/mol. The third-order valence-electron chi connectivity index (χ3n) is 4.59. The molecule has 0 bridgehead atoms. The Hall–Kier alpha value is -1.98. The fraction of sp³-hybridized carbons (Fsp3) is 0.444. The molecule has 0 aliphatic carbocycles. The van der Waals surface area contributed by atoms with Gasteiger partial charge in [-0.25, -0.2) is 4.98 Å². The monoisotopic (exact) mass is 312 g/mol. The molecule has 1 fully saturated rings. The van der Waals surface area contributed by atoms with Gasteiger partial charge in [-0.05, 0) is 30.5 Å². The van der Waals surface area contributed by atoms with Crippen molar-refractivity contribution in [1.82, 2.24) is 14.9 Å². The minimum atomic E-state index is -0.433. The van der Waals surface area contributed by atoms with Crippen molar-refractivity contribution in [3.05, 3.63) is 53.5 Å². The lowest BCUT2D eigenvalue weighted by molar-refractivity contribution is 0.109. The molecule has 1 saturated heterocycles. The highest BCUT2D eigenvalue weighted by atomic mass is 16.3. The third kappa shape index (κ3) is 3.86. The lowest BCUT2D eigenvalue weighted by Gasteiger charge is -2.36. The van der Waals surface area contributed by atoms with E-state index < -0.39 is 6.10 Å². The largest absolute Gasteiger partial charge is 0.387 e. The zero-order valence-corrected chi connectivity index (χ0v) is 13.8. The minimum absolute atomic E-state index is 0.433. The molecule has 1 aromatic heterocycles. The number of aliphatic hydroxyl groups is 1. The van der Waals surface area contributed by atoms with E-state index in [9.17, 15) is 5.11 Å². The third-order valence-corrected chi connectivity index (χ3v) is 4.59. The fourth-order valence-corrected chi connectivity index (χ4v) is 2.94. The Morgan fingerprint density at radius 3 is 2.52 bits per heavy atom. The van der Waals surface area contributed by atoms with Gasteiger partial charge in [0.05, 0.1) is 12.3 Å². The smallest absolute Gasteiger partial charge is 0.147 e. The van der Waals surface area contributed by atoms with Gasteiger partial charge in [-0.2, -0.15) is 0 Å². The second-order valence-corrected chi connectivity index (χ2v) is 6.21. The average Bonchev–Trinajstić information content (AvgIpc) is 2.59. The van der Waals surface area contributed by atoms with Gasteiger partial charge in [0.15, 0.2) is 0 Å². The number of aryl methyl sites for hydroxylation is 2. The molecule has 0 radical (unpaired) electrons. The first-order valence-corrected chi connectivity index (χ1v) is 8.12. The van der Waals surface area contributed by atoms with Gasteiger partial charge in [0.2, 0.25) is 0 Å². The van der Waals surface area contributed by atoms with Crippen molar-refractivity contribution >= 4 is 5.82 Å². The quantitative estimate of drug-likeness (QED) is 0.935. The van der Waals surface area contributed by atoms with Gasteiger partial charge in [-0.15, -0.1) is 0 Å². The van der Waals surface area contributed by atoms with Crippen molar-refractivity contribution in [2.24, 2.45) is 0 Å². The Morgan fingerprint density at radius 2 is 1.87 bits per heavy atom. The second kappa shape index (κ2) is 7.06. The zero-order chi connectivity index (χ0) is 16.2. The molecule has 1 aromatic carbocycles. The van der Waals surface area contributed by atoms with Crippen LogP contribution in [0.3, 0.4) is 0 Å². The maximum atomic E-state index is 10.5. The summed E-state index contributed by atoms with van der Waals surface area (Å²) >= 11 is 0. The van der Waals surface area contributed by atoms with Crippen molar-refractivity contribution in [2.45, 2.75) is 20.0 Å². The average molecular weight is 312 g/mol. The van der Waals surface area contributed by atoms with Gasteiger partial charge in [0.25, 0.3) is 0 Å². The molecule has 23 heavy (non-hydrogen) atoms. The molecule has 2 heterocycles. The van der Waals surface area contributed by atoms with Gasteiger partial charge in [-0.3, -0.25) is 9.88 Å². The summed E-state index contributed by atoms with van der Waals surface area (Å²) in [7, 11) is 0. The first-order chi connectivity index (χ1) is 11.1. The topological polar surface area (TPSA) is 52.5 Å². The molecule has 1 aliphatic rings. The molecule has 0 saturated carbocycles. The molecule has 3 rings (SSSR count). The molecular weight excluding hydrogens is 288 g/mol. The molecule has 0 spiro atoms. The van der Waals surface area contributed by atoms with Crippen LogP contribution in [0.4, 0.5) is 5.82 Å². The van der Waals surface area contributed by atoms with Crippen LogP contribution in [0.2, 0.25) is 0 Å². The van der Waals surface area contributed by atoms with Gasteiger partial charge in [0.1, 0.15) is 5.82 Å². The molecule has 0 unspecified atom stereocenters. The molecule has 1 atom stereocenters. The molecule has 1 aliphatic heterocycles.